The van der Waals surface area contributed by atoms with Crippen LogP contribution >= 0.6 is 0 Å². The number of pyridine rings is 4. The number of rotatable bonds is 18. The predicted molar refractivity (Wildman–Crippen MR) is 301 cm³/mol. The molecule has 2 atom stereocenters. The number of hydrogen-bond donors (Lipinski definition) is 2. The van der Waals surface area contributed by atoms with E-state index in [0.717, 1.165) is 55.6 Å². The van der Waals surface area contributed by atoms with Gasteiger partial charge in [0, 0.05) is 87.9 Å². The fourth-order valence-electron chi connectivity index (χ4n) is 10.1. The molecule has 0 spiro atoms. The first-order valence-electron chi connectivity index (χ1n) is 25.8. The van der Waals surface area contributed by atoms with Crippen molar-refractivity contribution >= 4 is 22.1 Å². The summed E-state index contributed by atoms with van der Waals surface area (Å²) in [5, 5.41) is 34.6. The normalized spacial score (nSPS) is 12.2. The summed E-state index contributed by atoms with van der Waals surface area (Å²) in [5.74, 6) is 0.604. The Labute approximate surface area is 453 Å². The molecule has 12 nitrogen and oxygen atoms in total. The largest absolute Gasteiger partial charge is 0.489 e. The van der Waals surface area contributed by atoms with Gasteiger partial charge in [-0.15, -0.1) is 0 Å². The van der Waals surface area contributed by atoms with Crippen LogP contribution in [-0.2, 0) is 19.8 Å². The number of nitrogens with zero attached hydrogens (tertiary/aromatic N) is 8. The molecule has 0 aliphatic rings. The Morgan fingerprint density at radius 1 is 0.456 bits per heavy atom. The van der Waals surface area contributed by atoms with E-state index in [0.29, 0.717) is 69.3 Å². The summed E-state index contributed by atoms with van der Waals surface area (Å²) < 4.78 is 44.8. The Balaban J connectivity index is 0.956. The minimum absolute atomic E-state index is 0.0206. The van der Waals surface area contributed by atoms with Crippen molar-refractivity contribution in [2.24, 2.45) is 0 Å². The molecule has 6 heterocycles. The highest BCUT2D eigenvalue weighted by atomic mass is 19.1. The fraction of sp³-hybridized carbons (Fsp3) is 0.108. The Kier molecular flexibility index (Phi) is 14.2. The van der Waals surface area contributed by atoms with E-state index < -0.39 is 12.1 Å². The first-order valence-corrected chi connectivity index (χ1v) is 25.8. The van der Waals surface area contributed by atoms with Crippen LogP contribution in [0.15, 0.2) is 219 Å². The molecule has 79 heavy (non-hydrogen) atoms. The van der Waals surface area contributed by atoms with Crippen molar-refractivity contribution in [3.63, 3.8) is 0 Å². The van der Waals surface area contributed by atoms with Gasteiger partial charge in [0.15, 0.2) is 11.3 Å². The lowest BCUT2D eigenvalue weighted by atomic mass is 9.89. The number of aliphatic hydroxyl groups excluding tert-OH is 2. The molecule has 0 fully saturated rings. The number of benzene rings is 6. The van der Waals surface area contributed by atoms with Crippen LogP contribution in [0.4, 0.5) is 8.78 Å². The van der Waals surface area contributed by atoms with Gasteiger partial charge in [0.05, 0.1) is 30.1 Å². The summed E-state index contributed by atoms with van der Waals surface area (Å²) >= 11 is 0. The maximum Gasteiger partial charge on any atom is 0.182 e. The lowest BCUT2D eigenvalue weighted by Crippen LogP contribution is -2.30. The molecule has 0 saturated carbocycles. The third-order valence-corrected chi connectivity index (χ3v) is 13.9. The molecule has 12 rings (SSSR count). The molecule has 0 aliphatic heterocycles. The SMILES string of the molecule is OCCC(C(O)Cn1cc2c(-c3ccc(OCc4ccccc4)cc3)c(-c3ccncc3)c(-c3ccc(F)cc3)nc2n1)n1cc2c(-c3ccc(OCc4ccccc4)cc3)c(-c3ccncc3)c(-c3ccc(F)cc3)nc2n1. The average Bonchev–Trinajstić information content (AvgIpc) is 4.36. The van der Waals surface area contributed by atoms with Gasteiger partial charge in [0.1, 0.15) is 36.3 Å². The summed E-state index contributed by atoms with van der Waals surface area (Å²) in [6.45, 7) is 0.513. The second kappa shape index (κ2) is 22.4. The van der Waals surface area contributed by atoms with E-state index in [1.54, 1.807) is 58.4 Å². The highest BCUT2D eigenvalue weighted by Crippen LogP contribution is 2.46. The van der Waals surface area contributed by atoms with E-state index in [-0.39, 0.29) is 31.2 Å². The van der Waals surface area contributed by atoms with E-state index in [1.807, 2.05) is 146 Å². The zero-order chi connectivity index (χ0) is 53.7. The Bertz CT molecular complexity index is 4020. The van der Waals surface area contributed by atoms with Crippen molar-refractivity contribution in [3.8, 4) is 78.5 Å². The highest BCUT2D eigenvalue weighted by Gasteiger charge is 2.29. The van der Waals surface area contributed by atoms with Crippen LogP contribution in [0.25, 0.3) is 89.1 Å². The second-order valence-electron chi connectivity index (χ2n) is 19.1. The van der Waals surface area contributed by atoms with Crippen LogP contribution in [0.5, 0.6) is 11.5 Å². The van der Waals surface area contributed by atoms with Crippen LogP contribution in [-0.4, -0.2) is 62.4 Å². The topological polar surface area (TPSA) is 146 Å². The lowest BCUT2D eigenvalue weighted by Gasteiger charge is -2.22. The molecule has 6 aromatic heterocycles. The molecular formula is C65H50F2N8O4. The third kappa shape index (κ3) is 10.7. The zero-order valence-electron chi connectivity index (χ0n) is 42.5. The maximum absolute atomic E-state index is 14.5. The minimum atomic E-state index is -1.16. The standard InChI is InChI=1S/C65H50F2N8O4/c66-50-19-11-48(12-20-50)62-60(46-27-32-68-33-28-46)58(44-15-23-52(24-16-44)78-40-42-7-3-1-4-8-42)54-37-74(72-64(54)70-62)39-57(77)56(31-36-76)75-38-55-59(45-17-25-53(26-18-45)79-41-43-9-5-2-6-10-43)61(47-29-34-69-35-30-47)63(71-65(55)73-75)49-13-21-51(67)22-14-49/h1-30,32-35,37-38,56-57,76-77H,31,36,39-41H2. The predicted octanol–water partition coefficient (Wildman–Crippen LogP) is 13.4. The molecule has 14 heteroatoms. The molecule has 388 valence electrons. The van der Waals surface area contributed by atoms with Crippen molar-refractivity contribution in [1.29, 1.82) is 0 Å². The molecule has 2 N–H and O–H groups in total. The van der Waals surface area contributed by atoms with Crippen molar-refractivity contribution in [2.45, 2.75) is 38.3 Å². The average molecular weight is 1050 g/mol. The summed E-state index contributed by atoms with van der Waals surface area (Å²) in [6.07, 6.45) is 9.59. The van der Waals surface area contributed by atoms with Crippen molar-refractivity contribution < 1.29 is 28.5 Å². The van der Waals surface area contributed by atoms with Gasteiger partial charge in [-0.3, -0.25) is 19.3 Å². The lowest BCUT2D eigenvalue weighted by molar-refractivity contribution is 0.0709. The van der Waals surface area contributed by atoms with Crippen molar-refractivity contribution in [3.05, 3.63) is 242 Å². The highest BCUT2D eigenvalue weighted by molar-refractivity contribution is 6.07. The van der Waals surface area contributed by atoms with Gasteiger partial charge in [-0.2, -0.15) is 10.2 Å². The molecule has 0 saturated heterocycles. The van der Waals surface area contributed by atoms with Gasteiger partial charge in [-0.1, -0.05) is 84.9 Å². The van der Waals surface area contributed by atoms with Gasteiger partial charge in [0.2, 0.25) is 0 Å². The van der Waals surface area contributed by atoms with Crippen molar-refractivity contribution in [2.75, 3.05) is 6.61 Å². The Hall–Kier alpha value is -9.76. The maximum atomic E-state index is 14.5. The first-order chi connectivity index (χ1) is 38.8. The monoisotopic (exact) mass is 1040 g/mol. The smallest absolute Gasteiger partial charge is 0.182 e. The third-order valence-electron chi connectivity index (χ3n) is 13.9. The second-order valence-corrected chi connectivity index (χ2v) is 19.1. The molecule has 2 unspecified atom stereocenters. The molecule has 0 aliphatic carbocycles. The molecule has 12 aromatic rings. The number of halogens is 2. The zero-order valence-corrected chi connectivity index (χ0v) is 42.5. The van der Waals surface area contributed by atoms with Crippen LogP contribution in [0.3, 0.4) is 0 Å². The fourth-order valence-corrected chi connectivity index (χ4v) is 10.1. The quantitative estimate of drug-likeness (QED) is 0.0851. The molecule has 6 aromatic carbocycles. The van der Waals surface area contributed by atoms with E-state index in [2.05, 4.69) is 9.97 Å². The van der Waals surface area contributed by atoms with Gasteiger partial charge in [0.25, 0.3) is 0 Å². The summed E-state index contributed by atoms with van der Waals surface area (Å²) in [5.41, 5.74) is 11.8. The van der Waals surface area contributed by atoms with Gasteiger partial charge in [-0.25, -0.2) is 18.7 Å². The Morgan fingerprint density at radius 3 is 1.33 bits per heavy atom. The molecular weight excluding hydrogens is 995 g/mol. The first kappa shape index (κ1) is 50.1. The number of fused-ring (bicyclic) bond motifs is 2. The van der Waals surface area contributed by atoms with E-state index in [4.69, 9.17) is 29.6 Å². The van der Waals surface area contributed by atoms with Crippen molar-refractivity contribution in [1.82, 2.24) is 39.5 Å². The number of hydrogen-bond acceptors (Lipinski definition) is 10. The summed E-state index contributed by atoms with van der Waals surface area (Å²) in [4.78, 5) is 19.0. The van der Waals surface area contributed by atoms with Gasteiger partial charge >= 0.3 is 0 Å². The number of aliphatic hydroxyl groups is 2. The van der Waals surface area contributed by atoms with Crippen LogP contribution in [0.2, 0.25) is 0 Å². The van der Waals surface area contributed by atoms with E-state index >= 15 is 0 Å². The van der Waals surface area contributed by atoms with Gasteiger partial charge in [-0.05, 0) is 137 Å². The van der Waals surface area contributed by atoms with Crippen LogP contribution < -0.4 is 9.47 Å². The molecule has 0 radical (unpaired) electrons. The van der Waals surface area contributed by atoms with E-state index in [9.17, 15) is 19.0 Å². The van der Waals surface area contributed by atoms with E-state index in [1.165, 1.54) is 24.3 Å². The number of aromatic nitrogens is 8. The number of ether oxygens (including phenoxy) is 2. The van der Waals surface area contributed by atoms with Crippen LogP contribution in [0, 0.1) is 11.6 Å². The van der Waals surface area contributed by atoms with Crippen LogP contribution in [0.1, 0.15) is 23.6 Å². The minimum Gasteiger partial charge on any atom is -0.489 e. The summed E-state index contributed by atoms with van der Waals surface area (Å²) in [7, 11) is 0. The van der Waals surface area contributed by atoms with Gasteiger partial charge < -0.3 is 19.7 Å². The summed E-state index contributed by atoms with van der Waals surface area (Å²) in [6, 6.07) is 54.9. The molecule has 0 amide bonds. The Morgan fingerprint density at radius 2 is 0.873 bits per heavy atom. The molecule has 0 bridgehead atoms.